The predicted molar refractivity (Wildman–Crippen MR) is 68.8 cm³/mol. The van der Waals surface area contributed by atoms with Crippen molar-refractivity contribution in [1.82, 2.24) is 5.32 Å². The van der Waals surface area contributed by atoms with E-state index in [-0.39, 0.29) is 11.9 Å². The van der Waals surface area contributed by atoms with Crippen LogP contribution < -0.4 is 5.32 Å². The van der Waals surface area contributed by atoms with Gasteiger partial charge in [0.15, 0.2) is 0 Å². The van der Waals surface area contributed by atoms with Crippen LogP contribution in [0.15, 0.2) is 30.3 Å². The summed E-state index contributed by atoms with van der Waals surface area (Å²) in [6.45, 7) is 5.75. The van der Waals surface area contributed by atoms with Gasteiger partial charge in [-0.3, -0.25) is 4.79 Å². The molecular formula is C14H21NO2. The Morgan fingerprint density at radius 3 is 2.59 bits per heavy atom. The number of hydrogen-bond donors (Lipinski definition) is 1. The molecule has 0 aliphatic carbocycles. The Labute approximate surface area is 103 Å². The van der Waals surface area contributed by atoms with Crippen LogP contribution in [-0.2, 0) is 16.0 Å². The van der Waals surface area contributed by atoms with Gasteiger partial charge in [-0.15, -0.1) is 0 Å². The second-order valence-electron chi connectivity index (χ2n) is 4.31. The van der Waals surface area contributed by atoms with E-state index < -0.39 is 0 Å². The summed E-state index contributed by atoms with van der Waals surface area (Å²) in [5, 5.41) is 3.25. The minimum Gasteiger partial charge on any atom is -0.464 e. The van der Waals surface area contributed by atoms with Gasteiger partial charge in [0.25, 0.3) is 0 Å². The van der Waals surface area contributed by atoms with Crippen molar-refractivity contribution in [3.8, 4) is 0 Å². The fourth-order valence-electron chi connectivity index (χ4n) is 1.39. The molecule has 0 aromatic heterocycles. The first-order chi connectivity index (χ1) is 8.20. The van der Waals surface area contributed by atoms with E-state index in [9.17, 15) is 4.79 Å². The molecule has 0 radical (unpaired) electrons. The number of carbonyl (C=O) groups excluding carboxylic acids is 1. The van der Waals surface area contributed by atoms with Gasteiger partial charge in [0.2, 0.25) is 0 Å². The lowest BCUT2D eigenvalue weighted by Crippen LogP contribution is -2.24. The maximum atomic E-state index is 11.1. The van der Waals surface area contributed by atoms with E-state index in [0.717, 1.165) is 13.0 Å². The molecule has 0 aliphatic rings. The van der Waals surface area contributed by atoms with E-state index in [0.29, 0.717) is 13.2 Å². The zero-order valence-electron chi connectivity index (χ0n) is 10.6. The molecule has 0 amide bonds. The normalized spacial score (nSPS) is 10.5. The smallest absolute Gasteiger partial charge is 0.308 e. The highest BCUT2D eigenvalue weighted by atomic mass is 16.5. The second-order valence-corrected chi connectivity index (χ2v) is 4.31. The third-order valence-corrected chi connectivity index (χ3v) is 2.43. The molecule has 0 saturated heterocycles. The maximum absolute atomic E-state index is 11.1. The van der Waals surface area contributed by atoms with Gasteiger partial charge >= 0.3 is 5.97 Å². The van der Waals surface area contributed by atoms with E-state index in [2.05, 4.69) is 17.4 Å². The Morgan fingerprint density at radius 1 is 1.24 bits per heavy atom. The van der Waals surface area contributed by atoms with E-state index in [1.807, 2.05) is 32.0 Å². The quantitative estimate of drug-likeness (QED) is 0.580. The van der Waals surface area contributed by atoms with Crippen LogP contribution in [-0.4, -0.2) is 25.7 Å². The zero-order chi connectivity index (χ0) is 12.5. The van der Waals surface area contributed by atoms with E-state index in [1.54, 1.807) is 0 Å². The standard InChI is InChI=1S/C14H21NO2/c1-12(2)14(16)17-11-10-15-9-8-13-6-4-3-5-7-13/h3-7,12,15H,8-11H2,1-2H3. The molecule has 1 N–H and O–H groups in total. The highest BCUT2D eigenvalue weighted by molar-refractivity contribution is 5.71. The van der Waals surface area contributed by atoms with Gasteiger partial charge in [-0.05, 0) is 18.5 Å². The Morgan fingerprint density at radius 2 is 1.94 bits per heavy atom. The zero-order valence-corrected chi connectivity index (χ0v) is 10.6. The van der Waals surface area contributed by atoms with E-state index in [1.165, 1.54) is 5.56 Å². The molecule has 1 aromatic rings. The lowest BCUT2D eigenvalue weighted by atomic mass is 10.1. The van der Waals surface area contributed by atoms with Crippen LogP contribution in [0.1, 0.15) is 19.4 Å². The lowest BCUT2D eigenvalue weighted by molar-refractivity contribution is -0.147. The monoisotopic (exact) mass is 235 g/mol. The van der Waals surface area contributed by atoms with Gasteiger partial charge in [-0.25, -0.2) is 0 Å². The van der Waals surface area contributed by atoms with Crippen molar-refractivity contribution in [2.45, 2.75) is 20.3 Å². The first-order valence-corrected chi connectivity index (χ1v) is 6.11. The van der Waals surface area contributed by atoms with Gasteiger partial charge < -0.3 is 10.1 Å². The number of ether oxygens (including phenoxy) is 1. The van der Waals surface area contributed by atoms with Gasteiger partial charge in [0.1, 0.15) is 6.61 Å². The van der Waals surface area contributed by atoms with Crippen LogP contribution in [0.3, 0.4) is 0 Å². The van der Waals surface area contributed by atoms with Crippen molar-refractivity contribution in [1.29, 1.82) is 0 Å². The van der Waals surface area contributed by atoms with Crippen LogP contribution in [0.2, 0.25) is 0 Å². The molecule has 3 heteroatoms. The Hall–Kier alpha value is -1.35. The minimum absolute atomic E-state index is 0.0423. The van der Waals surface area contributed by atoms with Crippen LogP contribution in [0.25, 0.3) is 0 Å². The molecule has 0 bridgehead atoms. The van der Waals surface area contributed by atoms with Crippen molar-refractivity contribution in [2.24, 2.45) is 5.92 Å². The highest BCUT2D eigenvalue weighted by Gasteiger charge is 2.06. The number of hydrogen-bond acceptors (Lipinski definition) is 3. The van der Waals surface area contributed by atoms with Crippen LogP contribution in [0.4, 0.5) is 0 Å². The van der Waals surface area contributed by atoms with Crippen molar-refractivity contribution in [2.75, 3.05) is 19.7 Å². The molecule has 1 aromatic carbocycles. The average molecular weight is 235 g/mol. The lowest BCUT2D eigenvalue weighted by Gasteiger charge is -2.08. The van der Waals surface area contributed by atoms with E-state index >= 15 is 0 Å². The SMILES string of the molecule is CC(C)C(=O)OCCNCCc1ccccc1. The average Bonchev–Trinajstić information content (AvgIpc) is 2.34. The van der Waals surface area contributed by atoms with Crippen molar-refractivity contribution >= 4 is 5.97 Å². The summed E-state index contributed by atoms with van der Waals surface area (Å²) in [4.78, 5) is 11.1. The van der Waals surface area contributed by atoms with Crippen molar-refractivity contribution in [3.05, 3.63) is 35.9 Å². The minimum atomic E-state index is -0.130. The molecule has 3 nitrogen and oxygen atoms in total. The number of esters is 1. The summed E-state index contributed by atoms with van der Waals surface area (Å²) in [5.74, 6) is -0.172. The molecule has 0 heterocycles. The molecule has 0 fully saturated rings. The van der Waals surface area contributed by atoms with Crippen molar-refractivity contribution < 1.29 is 9.53 Å². The molecule has 1 rings (SSSR count). The molecular weight excluding hydrogens is 214 g/mol. The van der Waals surface area contributed by atoms with Gasteiger partial charge in [0.05, 0.1) is 5.92 Å². The van der Waals surface area contributed by atoms with Gasteiger partial charge in [-0.1, -0.05) is 44.2 Å². The number of benzene rings is 1. The fourth-order valence-corrected chi connectivity index (χ4v) is 1.39. The number of nitrogens with one attached hydrogen (secondary N) is 1. The van der Waals surface area contributed by atoms with Gasteiger partial charge in [-0.2, -0.15) is 0 Å². The van der Waals surface area contributed by atoms with E-state index in [4.69, 9.17) is 4.74 Å². The first kappa shape index (κ1) is 13.7. The van der Waals surface area contributed by atoms with Crippen LogP contribution in [0, 0.1) is 5.92 Å². The summed E-state index contributed by atoms with van der Waals surface area (Å²) in [6, 6.07) is 10.3. The Kier molecular flexibility index (Phi) is 6.33. The Bertz CT molecular complexity index is 322. The van der Waals surface area contributed by atoms with Gasteiger partial charge in [0, 0.05) is 6.54 Å². The predicted octanol–water partition coefficient (Wildman–Crippen LogP) is 2.02. The number of rotatable bonds is 7. The molecule has 0 aliphatic heterocycles. The third kappa shape index (κ3) is 6.07. The summed E-state index contributed by atoms with van der Waals surface area (Å²) in [6.07, 6.45) is 0.999. The van der Waals surface area contributed by atoms with Crippen molar-refractivity contribution in [3.63, 3.8) is 0 Å². The topological polar surface area (TPSA) is 38.3 Å². The maximum Gasteiger partial charge on any atom is 0.308 e. The summed E-state index contributed by atoms with van der Waals surface area (Å²) >= 11 is 0. The molecule has 0 spiro atoms. The van der Waals surface area contributed by atoms with Crippen LogP contribution in [0.5, 0.6) is 0 Å². The molecule has 0 atom stereocenters. The molecule has 94 valence electrons. The Balaban J connectivity index is 2.00. The van der Waals surface area contributed by atoms with Crippen LogP contribution >= 0.6 is 0 Å². The second kappa shape index (κ2) is 7.85. The first-order valence-electron chi connectivity index (χ1n) is 6.11. The molecule has 0 unspecified atom stereocenters. The highest BCUT2D eigenvalue weighted by Crippen LogP contribution is 1.98. The molecule has 0 saturated carbocycles. The summed E-state index contributed by atoms with van der Waals surface area (Å²) in [7, 11) is 0. The molecule has 17 heavy (non-hydrogen) atoms. The summed E-state index contributed by atoms with van der Waals surface area (Å²) in [5.41, 5.74) is 1.32. The largest absolute Gasteiger partial charge is 0.464 e. The summed E-state index contributed by atoms with van der Waals surface area (Å²) < 4.78 is 5.05. The third-order valence-electron chi connectivity index (χ3n) is 2.43. The fraction of sp³-hybridized carbons (Fsp3) is 0.500. The number of carbonyl (C=O) groups is 1.